The molecule has 0 bridgehead atoms. The highest BCUT2D eigenvalue weighted by molar-refractivity contribution is 4.93. The SMILES string of the molecule is CC1(CN2CC=CCC2)CCCNC1. The van der Waals surface area contributed by atoms with Crippen molar-refractivity contribution in [1.29, 1.82) is 0 Å². The van der Waals surface area contributed by atoms with Crippen LogP contribution in [0.5, 0.6) is 0 Å². The third kappa shape index (κ3) is 2.58. The van der Waals surface area contributed by atoms with E-state index in [1.54, 1.807) is 0 Å². The van der Waals surface area contributed by atoms with Crippen LogP contribution in [-0.4, -0.2) is 37.6 Å². The lowest BCUT2D eigenvalue weighted by molar-refractivity contribution is 0.140. The molecule has 80 valence electrons. The molecule has 1 atom stereocenters. The van der Waals surface area contributed by atoms with E-state index in [0.29, 0.717) is 5.41 Å². The standard InChI is InChI=1S/C12H22N2/c1-12(6-5-7-13-10-12)11-14-8-3-2-4-9-14/h2-3,13H,4-11H2,1H3. The predicted octanol–water partition coefficient (Wildman–Crippen LogP) is 1.64. The van der Waals surface area contributed by atoms with Gasteiger partial charge in [0.05, 0.1) is 0 Å². The van der Waals surface area contributed by atoms with Crippen molar-refractivity contribution in [2.45, 2.75) is 26.2 Å². The quantitative estimate of drug-likeness (QED) is 0.672. The topological polar surface area (TPSA) is 15.3 Å². The zero-order valence-electron chi connectivity index (χ0n) is 9.26. The molecule has 0 aromatic rings. The van der Waals surface area contributed by atoms with Crippen LogP contribution in [0.15, 0.2) is 12.2 Å². The Labute approximate surface area is 87.4 Å². The average molecular weight is 194 g/mol. The summed E-state index contributed by atoms with van der Waals surface area (Å²) in [5.74, 6) is 0. The van der Waals surface area contributed by atoms with Crippen LogP contribution in [0.25, 0.3) is 0 Å². The normalized spacial score (nSPS) is 34.6. The third-order valence-electron chi connectivity index (χ3n) is 3.43. The molecule has 0 spiro atoms. The van der Waals surface area contributed by atoms with E-state index in [1.165, 1.54) is 45.4 Å². The van der Waals surface area contributed by atoms with Gasteiger partial charge in [-0.3, -0.25) is 4.90 Å². The number of nitrogens with one attached hydrogen (secondary N) is 1. The van der Waals surface area contributed by atoms with Crippen LogP contribution in [0.1, 0.15) is 26.2 Å². The van der Waals surface area contributed by atoms with E-state index in [9.17, 15) is 0 Å². The largest absolute Gasteiger partial charge is 0.316 e. The molecule has 0 aromatic heterocycles. The van der Waals surface area contributed by atoms with E-state index in [-0.39, 0.29) is 0 Å². The van der Waals surface area contributed by atoms with Crippen molar-refractivity contribution < 1.29 is 0 Å². The van der Waals surface area contributed by atoms with Gasteiger partial charge < -0.3 is 5.32 Å². The molecular weight excluding hydrogens is 172 g/mol. The number of rotatable bonds is 2. The highest BCUT2D eigenvalue weighted by Gasteiger charge is 2.28. The molecule has 2 aliphatic rings. The van der Waals surface area contributed by atoms with E-state index in [2.05, 4.69) is 29.3 Å². The van der Waals surface area contributed by atoms with Crippen molar-refractivity contribution in [2.75, 3.05) is 32.7 Å². The van der Waals surface area contributed by atoms with Crippen molar-refractivity contribution in [3.8, 4) is 0 Å². The van der Waals surface area contributed by atoms with Crippen molar-refractivity contribution in [3.63, 3.8) is 0 Å². The van der Waals surface area contributed by atoms with Crippen LogP contribution >= 0.6 is 0 Å². The Morgan fingerprint density at radius 3 is 3.00 bits per heavy atom. The van der Waals surface area contributed by atoms with Gasteiger partial charge in [-0.05, 0) is 31.2 Å². The van der Waals surface area contributed by atoms with Crippen molar-refractivity contribution in [2.24, 2.45) is 5.41 Å². The maximum atomic E-state index is 3.52. The lowest BCUT2D eigenvalue weighted by Gasteiger charge is -2.39. The highest BCUT2D eigenvalue weighted by Crippen LogP contribution is 2.26. The lowest BCUT2D eigenvalue weighted by Crippen LogP contribution is -2.46. The van der Waals surface area contributed by atoms with Crippen LogP contribution in [-0.2, 0) is 0 Å². The second-order valence-corrected chi connectivity index (χ2v) is 5.09. The molecule has 0 aromatic carbocycles. The molecule has 1 saturated heterocycles. The zero-order chi connectivity index (χ0) is 9.86. The molecule has 14 heavy (non-hydrogen) atoms. The van der Waals surface area contributed by atoms with Crippen molar-refractivity contribution in [1.82, 2.24) is 10.2 Å². The molecule has 0 saturated carbocycles. The van der Waals surface area contributed by atoms with E-state index < -0.39 is 0 Å². The van der Waals surface area contributed by atoms with Gasteiger partial charge >= 0.3 is 0 Å². The van der Waals surface area contributed by atoms with Gasteiger partial charge in [0.1, 0.15) is 0 Å². The Morgan fingerprint density at radius 2 is 2.36 bits per heavy atom. The van der Waals surface area contributed by atoms with Crippen molar-refractivity contribution >= 4 is 0 Å². The van der Waals surface area contributed by atoms with Gasteiger partial charge in [0.25, 0.3) is 0 Å². The molecule has 1 fully saturated rings. The first-order valence-corrected chi connectivity index (χ1v) is 5.87. The second-order valence-electron chi connectivity index (χ2n) is 5.09. The summed E-state index contributed by atoms with van der Waals surface area (Å²) < 4.78 is 0. The molecule has 2 rings (SSSR count). The summed E-state index contributed by atoms with van der Waals surface area (Å²) in [6.07, 6.45) is 8.59. The molecular formula is C12H22N2. The first kappa shape index (κ1) is 10.2. The van der Waals surface area contributed by atoms with E-state index in [0.717, 1.165) is 6.54 Å². The molecule has 1 unspecified atom stereocenters. The van der Waals surface area contributed by atoms with Crippen LogP contribution in [0.3, 0.4) is 0 Å². The third-order valence-corrected chi connectivity index (χ3v) is 3.43. The molecule has 2 heterocycles. The van der Waals surface area contributed by atoms with Gasteiger partial charge in [-0.1, -0.05) is 19.1 Å². The smallest absolute Gasteiger partial charge is 0.0163 e. The first-order chi connectivity index (χ1) is 6.79. The molecule has 2 heteroatoms. The van der Waals surface area contributed by atoms with Gasteiger partial charge in [0.15, 0.2) is 0 Å². The van der Waals surface area contributed by atoms with E-state index >= 15 is 0 Å². The average Bonchev–Trinajstić information content (AvgIpc) is 2.19. The van der Waals surface area contributed by atoms with Gasteiger partial charge in [0.2, 0.25) is 0 Å². The number of hydrogen-bond acceptors (Lipinski definition) is 2. The molecule has 0 aliphatic carbocycles. The van der Waals surface area contributed by atoms with Gasteiger partial charge in [-0.2, -0.15) is 0 Å². The Bertz CT molecular complexity index is 204. The summed E-state index contributed by atoms with van der Waals surface area (Å²) in [7, 11) is 0. The summed E-state index contributed by atoms with van der Waals surface area (Å²) in [5.41, 5.74) is 0.517. The fourth-order valence-corrected chi connectivity index (χ4v) is 2.63. The van der Waals surface area contributed by atoms with E-state index in [4.69, 9.17) is 0 Å². The monoisotopic (exact) mass is 194 g/mol. The van der Waals surface area contributed by atoms with Gasteiger partial charge in [0, 0.05) is 26.2 Å². The maximum absolute atomic E-state index is 3.52. The van der Waals surface area contributed by atoms with Crippen LogP contribution in [0.4, 0.5) is 0 Å². The van der Waals surface area contributed by atoms with Gasteiger partial charge in [-0.15, -0.1) is 0 Å². The second kappa shape index (κ2) is 4.45. The summed E-state index contributed by atoms with van der Waals surface area (Å²) in [6.45, 7) is 8.53. The summed E-state index contributed by atoms with van der Waals surface area (Å²) >= 11 is 0. The Kier molecular flexibility index (Phi) is 3.24. The summed E-state index contributed by atoms with van der Waals surface area (Å²) in [6, 6.07) is 0. The Hall–Kier alpha value is -0.340. The molecule has 0 radical (unpaired) electrons. The number of nitrogens with zero attached hydrogens (tertiary/aromatic N) is 1. The molecule has 2 aliphatic heterocycles. The Balaban J connectivity index is 1.85. The molecule has 2 nitrogen and oxygen atoms in total. The minimum absolute atomic E-state index is 0.517. The minimum atomic E-state index is 0.517. The summed E-state index contributed by atoms with van der Waals surface area (Å²) in [4.78, 5) is 2.59. The minimum Gasteiger partial charge on any atom is -0.316 e. The fourth-order valence-electron chi connectivity index (χ4n) is 2.63. The van der Waals surface area contributed by atoms with Crippen LogP contribution < -0.4 is 5.32 Å². The van der Waals surface area contributed by atoms with Gasteiger partial charge in [-0.25, -0.2) is 0 Å². The predicted molar refractivity (Wildman–Crippen MR) is 60.4 cm³/mol. The number of hydrogen-bond donors (Lipinski definition) is 1. The Morgan fingerprint density at radius 1 is 1.43 bits per heavy atom. The zero-order valence-corrected chi connectivity index (χ0v) is 9.26. The van der Waals surface area contributed by atoms with Crippen LogP contribution in [0.2, 0.25) is 0 Å². The van der Waals surface area contributed by atoms with Crippen LogP contribution in [0, 0.1) is 5.41 Å². The molecule has 1 N–H and O–H groups in total. The number of piperidine rings is 1. The highest BCUT2D eigenvalue weighted by atomic mass is 15.1. The maximum Gasteiger partial charge on any atom is 0.0163 e. The molecule has 0 amide bonds. The first-order valence-electron chi connectivity index (χ1n) is 5.87. The summed E-state index contributed by atoms with van der Waals surface area (Å²) in [5, 5.41) is 3.52. The van der Waals surface area contributed by atoms with Crippen molar-refractivity contribution in [3.05, 3.63) is 12.2 Å². The van der Waals surface area contributed by atoms with E-state index in [1.807, 2.05) is 0 Å². The fraction of sp³-hybridized carbons (Fsp3) is 0.833. The lowest BCUT2D eigenvalue weighted by atomic mass is 9.82.